The Kier molecular flexibility index (Phi) is 7.10. The molecule has 0 aliphatic rings. The molecule has 0 atom stereocenters. The average molecular weight is 216 g/mol. The van der Waals surface area contributed by atoms with E-state index in [9.17, 15) is 0 Å². The van der Waals surface area contributed by atoms with Gasteiger partial charge in [0, 0.05) is 0 Å². The van der Waals surface area contributed by atoms with E-state index in [4.69, 9.17) is 0 Å². The fourth-order valence-corrected chi connectivity index (χ4v) is 1.60. The van der Waals surface area contributed by atoms with E-state index in [0.29, 0.717) is 0 Å². The van der Waals surface area contributed by atoms with Crippen LogP contribution in [0.1, 0.15) is 15.3 Å². The van der Waals surface area contributed by atoms with Gasteiger partial charge in [0.15, 0.2) is 0 Å². The summed E-state index contributed by atoms with van der Waals surface area (Å²) < 4.78 is 0. The summed E-state index contributed by atoms with van der Waals surface area (Å²) in [4.78, 5) is 0. The summed E-state index contributed by atoms with van der Waals surface area (Å²) in [5.41, 5.74) is 2.37. The van der Waals surface area contributed by atoms with Gasteiger partial charge in [0.05, 0.1) is 0 Å². The Bertz CT molecular complexity index is 464. The van der Waals surface area contributed by atoms with Crippen molar-refractivity contribution in [3.05, 3.63) is 54.6 Å². The van der Waals surface area contributed by atoms with Crippen molar-refractivity contribution in [3.63, 3.8) is 0 Å². The molecule has 0 radical (unpaired) electrons. The molecule has 0 saturated heterocycles. The third kappa shape index (κ3) is 3.45. The van der Waals surface area contributed by atoms with Gasteiger partial charge in [-0.15, -0.1) is 0 Å². The minimum Gasteiger partial charge on any atom is -1.00 e. The van der Waals surface area contributed by atoms with Crippen LogP contribution in [0.2, 0.25) is 0 Å². The molecule has 2 heteroatoms. The molecule has 0 aliphatic heterocycles. The maximum Gasteiger partial charge on any atom is 1.00 e. The van der Waals surface area contributed by atoms with E-state index in [1.165, 1.54) is 16.3 Å². The van der Waals surface area contributed by atoms with E-state index in [1.54, 1.807) is 0 Å². The van der Waals surface area contributed by atoms with Crippen molar-refractivity contribution in [3.8, 4) is 0 Å². The Morgan fingerprint density at radius 2 is 1.60 bits per heavy atom. The van der Waals surface area contributed by atoms with Gasteiger partial charge in [-0.1, -0.05) is 54.6 Å². The molecule has 0 amide bonds. The zero-order chi connectivity index (χ0) is 9.26. The number of fused-ring (bicyclic) bond motifs is 1. The van der Waals surface area contributed by atoms with Crippen LogP contribution in [0.3, 0.4) is 0 Å². The van der Waals surface area contributed by atoms with Crippen molar-refractivity contribution in [2.75, 3.05) is 0 Å². The molecule has 0 bridgehead atoms. The smallest absolute Gasteiger partial charge is 1.00 e. The van der Waals surface area contributed by atoms with Crippen molar-refractivity contribution in [2.24, 2.45) is 0 Å². The zero-order valence-corrected chi connectivity index (χ0v) is 13.7. The zero-order valence-electron chi connectivity index (χ0n) is 11.7. The monoisotopic (exact) mass is 216 g/mol. The summed E-state index contributed by atoms with van der Waals surface area (Å²) in [6.45, 7) is 6.02. The van der Waals surface area contributed by atoms with Crippen LogP contribution in [0.4, 0.5) is 0 Å². The molecule has 0 saturated carbocycles. The predicted octanol–water partition coefficient (Wildman–Crippen LogP) is -1.89. The second kappa shape index (κ2) is 6.90. The summed E-state index contributed by atoms with van der Waals surface area (Å²) >= 11 is 0. The molecule has 2 rings (SSSR count). The van der Waals surface area contributed by atoms with Crippen LogP contribution in [-0.2, 0) is 0 Å². The van der Waals surface area contributed by atoms with Crippen LogP contribution in [0.25, 0.3) is 16.3 Å². The summed E-state index contributed by atoms with van der Waals surface area (Å²) in [6.07, 6.45) is 0. The number of rotatable bonds is 1. The topological polar surface area (TPSA) is 0 Å². The molecule has 68 valence electrons. The van der Waals surface area contributed by atoms with Crippen LogP contribution in [0.5, 0.6) is 0 Å². The van der Waals surface area contributed by atoms with Crippen LogP contribution < -0.4 is 59.1 Å². The van der Waals surface area contributed by atoms with Crippen LogP contribution in [0, 0.1) is 0 Å². The first kappa shape index (κ1) is 15.4. The third-order valence-electron chi connectivity index (χ3n) is 2.25. The van der Waals surface area contributed by atoms with Crippen molar-refractivity contribution in [1.82, 2.24) is 0 Å². The summed E-state index contributed by atoms with van der Waals surface area (Å²) in [6, 6.07) is 14.7. The summed E-state index contributed by atoms with van der Waals surface area (Å²) in [5, 5.41) is 2.57. The molecule has 0 spiro atoms. The van der Waals surface area contributed by atoms with Crippen molar-refractivity contribution in [2.45, 2.75) is 6.92 Å². The van der Waals surface area contributed by atoms with Gasteiger partial charge in [-0.2, -0.15) is 0 Å². The minimum atomic E-state index is 0. The minimum absolute atomic E-state index is 0. The number of benzene rings is 2. The molecule has 2 aromatic rings. The first-order chi connectivity index (χ1) is 6.29. The van der Waals surface area contributed by atoms with Crippen molar-refractivity contribution >= 4 is 16.3 Å². The van der Waals surface area contributed by atoms with Gasteiger partial charge in [0.2, 0.25) is 0 Å². The second-order valence-electron chi connectivity index (χ2n) is 3.31. The molecule has 15 heavy (non-hydrogen) atoms. The van der Waals surface area contributed by atoms with Gasteiger partial charge in [-0.05, 0) is 23.3 Å². The van der Waals surface area contributed by atoms with E-state index in [1.807, 2.05) is 6.92 Å². The third-order valence-corrected chi connectivity index (χ3v) is 2.25. The standard InChI is InChI=1S/C13H12.2Na.2H/c1-10(2)12-9-5-7-11-6-3-4-8-13(11)12;;;;/h3-9H,1H2,2H3;;;;/q;2*+1;2*-1. The van der Waals surface area contributed by atoms with E-state index < -0.39 is 0 Å². The maximum absolute atomic E-state index is 3.98. The molecule has 0 aromatic heterocycles. The molecule has 0 fully saturated rings. The quantitative estimate of drug-likeness (QED) is 0.489. The molecule has 0 aliphatic carbocycles. The Morgan fingerprint density at radius 1 is 1.00 bits per heavy atom. The van der Waals surface area contributed by atoms with Crippen LogP contribution >= 0.6 is 0 Å². The van der Waals surface area contributed by atoms with Gasteiger partial charge in [-0.3, -0.25) is 0 Å². The van der Waals surface area contributed by atoms with E-state index in [-0.39, 0.29) is 62.0 Å². The van der Waals surface area contributed by atoms with Crippen molar-refractivity contribution in [1.29, 1.82) is 0 Å². The Hall–Kier alpha value is 0.440. The van der Waals surface area contributed by atoms with Crippen LogP contribution in [-0.4, -0.2) is 0 Å². The Morgan fingerprint density at radius 3 is 2.27 bits per heavy atom. The summed E-state index contributed by atoms with van der Waals surface area (Å²) in [7, 11) is 0. The Balaban J connectivity index is -0.000000490. The molecular formula is C13H14Na2. The molecule has 2 aromatic carbocycles. The Labute approximate surface area is 138 Å². The molecule has 0 unspecified atom stereocenters. The molecule has 0 nitrogen and oxygen atoms in total. The second-order valence-corrected chi connectivity index (χ2v) is 3.31. The van der Waals surface area contributed by atoms with E-state index >= 15 is 0 Å². The number of allylic oxidation sites excluding steroid dienone is 1. The van der Waals surface area contributed by atoms with E-state index in [2.05, 4.69) is 49.0 Å². The van der Waals surface area contributed by atoms with Gasteiger partial charge >= 0.3 is 59.1 Å². The normalized spacial score (nSPS) is 8.87. The van der Waals surface area contributed by atoms with Crippen molar-refractivity contribution < 1.29 is 62.0 Å². The summed E-state index contributed by atoms with van der Waals surface area (Å²) in [5.74, 6) is 0. The van der Waals surface area contributed by atoms with Gasteiger partial charge in [-0.25, -0.2) is 0 Å². The van der Waals surface area contributed by atoms with Gasteiger partial charge in [0.1, 0.15) is 0 Å². The first-order valence-corrected chi connectivity index (χ1v) is 4.42. The fourth-order valence-electron chi connectivity index (χ4n) is 1.60. The largest absolute Gasteiger partial charge is 1.00 e. The SMILES string of the molecule is C=C(C)c1cccc2ccccc12.[H-].[H-].[Na+].[Na+]. The average Bonchev–Trinajstić information content (AvgIpc) is 2.17. The molecule has 0 heterocycles. The molecular weight excluding hydrogens is 202 g/mol. The number of hydrogen-bond donors (Lipinski definition) is 0. The number of hydrogen-bond acceptors (Lipinski definition) is 0. The van der Waals surface area contributed by atoms with Crippen LogP contribution in [0.15, 0.2) is 49.0 Å². The predicted molar refractivity (Wildman–Crippen MR) is 60.9 cm³/mol. The first-order valence-electron chi connectivity index (χ1n) is 4.42. The van der Waals surface area contributed by atoms with E-state index in [0.717, 1.165) is 5.57 Å². The fraction of sp³-hybridized carbons (Fsp3) is 0.0769. The van der Waals surface area contributed by atoms with Gasteiger partial charge < -0.3 is 2.85 Å². The molecule has 0 N–H and O–H groups in total. The van der Waals surface area contributed by atoms with Gasteiger partial charge in [0.25, 0.3) is 0 Å². The maximum atomic E-state index is 3.98.